The van der Waals surface area contributed by atoms with Gasteiger partial charge in [-0.25, -0.2) is 18.9 Å². The Morgan fingerprint density at radius 2 is 2.20 bits per heavy atom. The second kappa shape index (κ2) is 4.53. The molecule has 1 aromatic carbocycles. The molecule has 102 valence electrons. The first-order valence-electron chi connectivity index (χ1n) is 6.04. The van der Waals surface area contributed by atoms with E-state index in [0.29, 0.717) is 28.4 Å². The minimum atomic E-state index is -0.293. The number of hydrogen-bond acceptors (Lipinski definition) is 4. The summed E-state index contributed by atoms with van der Waals surface area (Å²) in [7, 11) is 0. The molecule has 0 aliphatic heterocycles. The van der Waals surface area contributed by atoms with Gasteiger partial charge in [0.15, 0.2) is 5.82 Å². The first-order valence-corrected chi connectivity index (χ1v) is 6.04. The van der Waals surface area contributed by atoms with Crippen LogP contribution in [0.15, 0.2) is 29.1 Å². The molecular formula is C13H12FN5O. The van der Waals surface area contributed by atoms with Crippen LogP contribution in [0.3, 0.4) is 0 Å². The third-order valence-corrected chi connectivity index (χ3v) is 3.10. The second-order valence-corrected chi connectivity index (χ2v) is 4.45. The minimum Gasteiger partial charge on any atom is -0.324 e. The van der Waals surface area contributed by atoms with E-state index >= 15 is 0 Å². The zero-order valence-corrected chi connectivity index (χ0v) is 10.7. The zero-order valence-electron chi connectivity index (χ0n) is 10.7. The van der Waals surface area contributed by atoms with Gasteiger partial charge < -0.3 is 5.73 Å². The molecule has 0 radical (unpaired) electrons. The summed E-state index contributed by atoms with van der Waals surface area (Å²) in [5, 5.41) is 6.60. The Morgan fingerprint density at radius 3 is 2.90 bits per heavy atom. The predicted molar refractivity (Wildman–Crippen MR) is 71.6 cm³/mol. The number of benzene rings is 1. The van der Waals surface area contributed by atoms with Crippen molar-refractivity contribution in [2.45, 2.75) is 13.5 Å². The summed E-state index contributed by atoms with van der Waals surface area (Å²) < 4.78 is 14.6. The van der Waals surface area contributed by atoms with Crippen LogP contribution < -0.4 is 11.3 Å². The van der Waals surface area contributed by atoms with E-state index in [1.807, 2.05) is 0 Å². The molecule has 0 saturated carbocycles. The maximum atomic E-state index is 13.3. The van der Waals surface area contributed by atoms with Crippen LogP contribution in [0.5, 0.6) is 0 Å². The van der Waals surface area contributed by atoms with Crippen LogP contribution >= 0.6 is 0 Å². The van der Waals surface area contributed by atoms with Crippen molar-refractivity contribution >= 4 is 5.78 Å². The van der Waals surface area contributed by atoms with Crippen molar-refractivity contribution in [3.8, 4) is 11.3 Å². The molecule has 3 rings (SSSR count). The molecule has 0 bridgehead atoms. The SMILES string of the molecule is Cc1cc(-c2cc(=O)n3c(CN)n[nH]c3n2)ccc1F. The van der Waals surface area contributed by atoms with Crippen molar-refractivity contribution in [1.82, 2.24) is 19.6 Å². The van der Waals surface area contributed by atoms with Crippen LogP contribution in [0.25, 0.3) is 17.0 Å². The molecule has 0 atom stereocenters. The molecule has 0 saturated heterocycles. The van der Waals surface area contributed by atoms with Crippen molar-refractivity contribution in [3.63, 3.8) is 0 Å². The smallest absolute Gasteiger partial charge is 0.261 e. The van der Waals surface area contributed by atoms with Crippen molar-refractivity contribution in [2.75, 3.05) is 0 Å². The van der Waals surface area contributed by atoms with Gasteiger partial charge in [-0.2, -0.15) is 5.10 Å². The van der Waals surface area contributed by atoms with E-state index in [2.05, 4.69) is 15.2 Å². The lowest BCUT2D eigenvalue weighted by atomic mass is 10.1. The second-order valence-electron chi connectivity index (χ2n) is 4.45. The highest BCUT2D eigenvalue weighted by atomic mass is 19.1. The number of H-pyrrole nitrogens is 1. The normalized spacial score (nSPS) is 11.2. The number of rotatable bonds is 2. The molecule has 7 heteroatoms. The molecule has 20 heavy (non-hydrogen) atoms. The van der Waals surface area contributed by atoms with Crippen LogP contribution in [0.2, 0.25) is 0 Å². The number of aromatic nitrogens is 4. The number of nitrogens with zero attached hydrogens (tertiary/aromatic N) is 3. The largest absolute Gasteiger partial charge is 0.324 e. The Labute approximate surface area is 113 Å². The highest BCUT2D eigenvalue weighted by Gasteiger charge is 2.10. The van der Waals surface area contributed by atoms with E-state index in [0.717, 1.165) is 0 Å². The van der Waals surface area contributed by atoms with Crippen LogP contribution in [0.4, 0.5) is 4.39 Å². The van der Waals surface area contributed by atoms with Gasteiger partial charge in [0.1, 0.15) is 5.82 Å². The summed E-state index contributed by atoms with van der Waals surface area (Å²) in [6, 6.07) is 5.97. The molecule has 0 fully saturated rings. The van der Waals surface area contributed by atoms with Gasteiger partial charge in [0.05, 0.1) is 12.2 Å². The number of nitrogens with two attached hydrogens (primary N) is 1. The lowest BCUT2D eigenvalue weighted by Gasteiger charge is -2.03. The zero-order chi connectivity index (χ0) is 14.3. The van der Waals surface area contributed by atoms with Crippen LogP contribution in [-0.2, 0) is 6.54 Å². The number of fused-ring (bicyclic) bond motifs is 1. The molecule has 3 aromatic rings. The summed E-state index contributed by atoms with van der Waals surface area (Å²) in [6.07, 6.45) is 0. The first kappa shape index (κ1) is 12.5. The predicted octanol–water partition coefficient (Wildman–Crippen LogP) is 0.991. The molecule has 2 aromatic heterocycles. The Morgan fingerprint density at radius 1 is 1.40 bits per heavy atom. The highest BCUT2D eigenvalue weighted by molar-refractivity contribution is 5.61. The van der Waals surface area contributed by atoms with Gasteiger partial charge in [0.2, 0.25) is 5.78 Å². The van der Waals surface area contributed by atoms with Gasteiger partial charge in [0, 0.05) is 11.6 Å². The average Bonchev–Trinajstić information content (AvgIpc) is 2.85. The van der Waals surface area contributed by atoms with Gasteiger partial charge >= 0.3 is 0 Å². The minimum absolute atomic E-state index is 0.136. The van der Waals surface area contributed by atoms with E-state index in [4.69, 9.17) is 5.73 Å². The molecule has 0 aliphatic carbocycles. The van der Waals surface area contributed by atoms with Crippen molar-refractivity contribution in [2.24, 2.45) is 5.73 Å². The summed E-state index contributed by atoms with van der Waals surface area (Å²) in [4.78, 5) is 16.4. The Kier molecular flexibility index (Phi) is 2.83. The van der Waals surface area contributed by atoms with Crippen molar-refractivity contribution < 1.29 is 4.39 Å². The third-order valence-electron chi connectivity index (χ3n) is 3.10. The lowest BCUT2D eigenvalue weighted by Crippen LogP contribution is -2.17. The summed E-state index contributed by atoms with van der Waals surface area (Å²) >= 11 is 0. The van der Waals surface area contributed by atoms with Gasteiger partial charge in [-0.05, 0) is 30.7 Å². The van der Waals surface area contributed by atoms with Gasteiger partial charge in [-0.15, -0.1) is 0 Å². The van der Waals surface area contributed by atoms with Crippen LogP contribution in [0.1, 0.15) is 11.4 Å². The van der Waals surface area contributed by atoms with E-state index in [-0.39, 0.29) is 17.9 Å². The van der Waals surface area contributed by atoms with Gasteiger partial charge in [0.25, 0.3) is 5.56 Å². The third kappa shape index (κ3) is 1.88. The number of aromatic amines is 1. The lowest BCUT2D eigenvalue weighted by molar-refractivity contribution is 0.619. The Bertz CT molecular complexity index is 852. The fourth-order valence-corrected chi connectivity index (χ4v) is 2.06. The molecule has 0 amide bonds. The molecule has 6 nitrogen and oxygen atoms in total. The van der Waals surface area contributed by atoms with Crippen molar-refractivity contribution in [3.05, 3.63) is 51.8 Å². The molecule has 0 aliphatic rings. The van der Waals surface area contributed by atoms with Crippen LogP contribution in [0, 0.1) is 12.7 Å². The summed E-state index contributed by atoms with van der Waals surface area (Å²) in [5.74, 6) is 0.438. The maximum Gasteiger partial charge on any atom is 0.261 e. The quantitative estimate of drug-likeness (QED) is 0.728. The van der Waals surface area contributed by atoms with Gasteiger partial charge in [-0.3, -0.25) is 4.79 Å². The van der Waals surface area contributed by atoms with Gasteiger partial charge in [-0.1, -0.05) is 0 Å². The fourth-order valence-electron chi connectivity index (χ4n) is 2.06. The fraction of sp³-hybridized carbons (Fsp3) is 0.154. The number of halogens is 1. The Balaban J connectivity index is 2.22. The van der Waals surface area contributed by atoms with Crippen LogP contribution in [-0.4, -0.2) is 19.6 Å². The summed E-state index contributed by atoms with van der Waals surface area (Å²) in [5.41, 5.74) is 6.86. The monoisotopic (exact) mass is 273 g/mol. The van der Waals surface area contributed by atoms with E-state index < -0.39 is 0 Å². The van der Waals surface area contributed by atoms with E-state index in [9.17, 15) is 9.18 Å². The highest BCUT2D eigenvalue weighted by Crippen LogP contribution is 2.19. The topological polar surface area (TPSA) is 89.1 Å². The standard InChI is InChI=1S/C13H12FN5O/c1-7-4-8(2-3-9(7)14)10-5-12(20)19-11(6-15)17-18-13(19)16-10/h2-5H,6,15H2,1H3,(H,16,18). The molecule has 0 unspecified atom stereocenters. The molecule has 3 N–H and O–H groups in total. The Hall–Kier alpha value is -2.54. The number of aryl methyl sites for hydroxylation is 1. The molecule has 0 spiro atoms. The van der Waals surface area contributed by atoms with E-state index in [1.54, 1.807) is 19.1 Å². The van der Waals surface area contributed by atoms with Crippen molar-refractivity contribution in [1.29, 1.82) is 0 Å². The number of hydrogen-bond donors (Lipinski definition) is 2. The average molecular weight is 273 g/mol. The maximum absolute atomic E-state index is 13.3. The number of nitrogens with one attached hydrogen (secondary N) is 1. The molecular weight excluding hydrogens is 261 g/mol. The van der Waals surface area contributed by atoms with E-state index in [1.165, 1.54) is 16.5 Å². The summed E-state index contributed by atoms with van der Waals surface area (Å²) in [6.45, 7) is 1.80. The molecule has 2 heterocycles. The first-order chi connectivity index (χ1) is 9.60.